The minimum atomic E-state index is -0.773. The molecule has 2 rings (SSSR count). The van der Waals surface area contributed by atoms with Gasteiger partial charge in [0.05, 0.1) is 5.69 Å². The Hall–Kier alpha value is -1.20. The van der Waals surface area contributed by atoms with Gasteiger partial charge in [-0.1, -0.05) is 18.0 Å². The smallest absolute Gasteiger partial charge is 0.320 e. The highest BCUT2D eigenvalue weighted by molar-refractivity contribution is 6.29. The van der Waals surface area contributed by atoms with Crippen molar-refractivity contribution >= 4 is 17.6 Å². The lowest BCUT2D eigenvalue weighted by Crippen LogP contribution is -2.44. The Labute approximate surface area is 104 Å². The van der Waals surface area contributed by atoms with E-state index in [1.54, 1.807) is 6.20 Å². The molecule has 0 aromatic carbocycles. The zero-order valence-electron chi connectivity index (χ0n) is 9.34. The van der Waals surface area contributed by atoms with Crippen molar-refractivity contribution in [2.45, 2.75) is 31.8 Å². The molecule has 1 aliphatic rings. The summed E-state index contributed by atoms with van der Waals surface area (Å²) in [5.74, 6) is -0.773. The van der Waals surface area contributed by atoms with E-state index in [9.17, 15) is 4.79 Å². The highest BCUT2D eigenvalue weighted by Crippen LogP contribution is 2.21. The molecule has 0 radical (unpaired) electrons. The van der Waals surface area contributed by atoms with E-state index in [1.807, 2.05) is 4.90 Å². The monoisotopic (exact) mass is 255 g/mol. The van der Waals surface area contributed by atoms with Gasteiger partial charge in [-0.05, 0) is 19.4 Å². The summed E-state index contributed by atoms with van der Waals surface area (Å²) in [5, 5.41) is 9.49. The van der Waals surface area contributed by atoms with Crippen molar-refractivity contribution in [3.8, 4) is 0 Å². The van der Waals surface area contributed by atoms with E-state index in [0.29, 0.717) is 23.8 Å². The van der Waals surface area contributed by atoms with Gasteiger partial charge in [-0.25, -0.2) is 4.98 Å². The molecular weight excluding hydrogens is 242 g/mol. The summed E-state index contributed by atoms with van der Waals surface area (Å²) < 4.78 is 0. The number of piperidine rings is 1. The van der Waals surface area contributed by atoms with Gasteiger partial charge in [0.1, 0.15) is 6.04 Å². The lowest BCUT2D eigenvalue weighted by molar-refractivity contribution is -0.144. The molecule has 5 nitrogen and oxygen atoms in total. The SMILES string of the molecule is O=C(O)[C@@H]1CCCCN1Cc1nccnc1Cl. The Balaban J connectivity index is 2.11. The van der Waals surface area contributed by atoms with E-state index < -0.39 is 12.0 Å². The maximum atomic E-state index is 11.1. The topological polar surface area (TPSA) is 66.3 Å². The van der Waals surface area contributed by atoms with Crippen LogP contribution < -0.4 is 0 Å². The van der Waals surface area contributed by atoms with Gasteiger partial charge in [0, 0.05) is 18.9 Å². The van der Waals surface area contributed by atoms with Crippen LogP contribution in [0.4, 0.5) is 0 Å². The zero-order chi connectivity index (χ0) is 12.3. The molecule has 1 saturated heterocycles. The van der Waals surface area contributed by atoms with E-state index in [0.717, 1.165) is 19.4 Å². The van der Waals surface area contributed by atoms with E-state index in [4.69, 9.17) is 16.7 Å². The number of aromatic nitrogens is 2. The van der Waals surface area contributed by atoms with Crippen molar-refractivity contribution in [2.75, 3.05) is 6.54 Å². The van der Waals surface area contributed by atoms with Crippen LogP contribution in [0.2, 0.25) is 5.15 Å². The lowest BCUT2D eigenvalue weighted by atomic mass is 10.0. The first-order valence-corrected chi connectivity index (χ1v) is 5.98. The molecule has 0 bridgehead atoms. The van der Waals surface area contributed by atoms with Crippen molar-refractivity contribution in [1.82, 2.24) is 14.9 Å². The van der Waals surface area contributed by atoms with Crippen molar-refractivity contribution in [3.63, 3.8) is 0 Å². The first kappa shape index (κ1) is 12.3. The number of carboxylic acid groups (broad SMARTS) is 1. The summed E-state index contributed by atoms with van der Waals surface area (Å²) in [5.41, 5.74) is 0.641. The molecule has 1 aromatic rings. The van der Waals surface area contributed by atoms with Crippen LogP contribution >= 0.6 is 11.6 Å². The van der Waals surface area contributed by atoms with Crippen LogP contribution in [0.1, 0.15) is 25.0 Å². The van der Waals surface area contributed by atoms with Gasteiger partial charge in [0.25, 0.3) is 0 Å². The van der Waals surface area contributed by atoms with E-state index in [2.05, 4.69) is 9.97 Å². The van der Waals surface area contributed by atoms with Crippen molar-refractivity contribution in [2.24, 2.45) is 0 Å². The van der Waals surface area contributed by atoms with Gasteiger partial charge < -0.3 is 5.11 Å². The molecule has 0 aliphatic carbocycles. The summed E-state index contributed by atoms with van der Waals surface area (Å²) in [6, 6.07) is -0.429. The number of carbonyl (C=O) groups is 1. The molecule has 1 atom stereocenters. The Morgan fingerprint density at radius 3 is 2.94 bits per heavy atom. The summed E-state index contributed by atoms with van der Waals surface area (Å²) in [4.78, 5) is 21.1. The number of carboxylic acids is 1. The average molecular weight is 256 g/mol. The third-order valence-corrected chi connectivity index (χ3v) is 3.29. The standard InChI is InChI=1S/C11H14ClN3O2/c12-10-8(13-4-5-14-10)7-15-6-2-1-3-9(15)11(16)17/h4-5,9H,1-3,6-7H2,(H,16,17)/t9-/m0/s1. The fraction of sp³-hybridized carbons (Fsp3) is 0.545. The maximum Gasteiger partial charge on any atom is 0.320 e. The summed E-state index contributed by atoms with van der Waals surface area (Å²) in [7, 11) is 0. The van der Waals surface area contributed by atoms with Gasteiger partial charge in [0.2, 0.25) is 0 Å². The molecule has 6 heteroatoms. The molecule has 1 N–H and O–H groups in total. The van der Waals surface area contributed by atoms with E-state index >= 15 is 0 Å². The Kier molecular flexibility index (Phi) is 3.91. The fourth-order valence-electron chi connectivity index (χ4n) is 2.11. The van der Waals surface area contributed by atoms with E-state index in [1.165, 1.54) is 6.20 Å². The number of nitrogens with zero attached hydrogens (tertiary/aromatic N) is 3. The average Bonchev–Trinajstić information content (AvgIpc) is 2.32. The Morgan fingerprint density at radius 1 is 1.47 bits per heavy atom. The van der Waals surface area contributed by atoms with Crippen LogP contribution in [-0.2, 0) is 11.3 Å². The minimum Gasteiger partial charge on any atom is -0.480 e. The molecule has 0 spiro atoms. The minimum absolute atomic E-state index is 0.349. The van der Waals surface area contributed by atoms with Crippen LogP contribution in [0.5, 0.6) is 0 Å². The van der Waals surface area contributed by atoms with Crippen molar-refractivity contribution in [3.05, 3.63) is 23.2 Å². The Morgan fingerprint density at radius 2 is 2.24 bits per heavy atom. The van der Waals surface area contributed by atoms with Gasteiger partial charge >= 0.3 is 5.97 Å². The van der Waals surface area contributed by atoms with Gasteiger partial charge in [-0.2, -0.15) is 0 Å². The van der Waals surface area contributed by atoms with Crippen LogP contribution in [0.15, 0.2) is 12.4 Å². The maximum absolute atomic E-state index is 11.1. The van der Waals surface area contributed by atoms with Crippen LogP contribution in [0.3, 0.4) is 0 Å². The molecule has 2 heterocycles. The zero-order valence-corrected chi connectivity index (χ0v) is 10.1. The number of hydrogen-bond acceptors (Lipinski definition) is 4. The number of rotatable bonds is 3. The second kappa shape index (κ2) is 5.42. The van der Waals surface area contributed by atoms with Crippen molar-refractivity contribution in [1.29, 1.82) is 0 Å². The summed E-state index contributed by atoms with van der Waals surface area (Å²) >= 11 is 5.92. The lowest BCUT2D eigenvalue weighted by Gasteiger charge is -2.32. The largest absolute Gasteiger partial charge is 0.480 e. The highest BCUT2D eigenvalue weighted by Gasteiger charge is 2.28. The predicted octanol–water partition coefficient (Wildman–Crippen LogP) is 1.57. The molecule has 92 valence electrons. The highest BCUT2D eigenvalue weighted by atomic mass is 35.5. The van der Waals surface area contributed by atoms with Gasteiger partial charge in [-0.3, -0.25) is 14.7 Å². The molecule has 0 amide bonds. The molecule has 1 aromatic heterocycles. The predicted molar refractivity (Wildman–Crippen MR) is 62.7 cm³/mol. The number of likely N-dealkylation sites (tertiary alicyclic amines) is 1. The number of hydrogen-bond donors (Lipinski definition) is 1. The first-order valence-electron chi connectivity index (χ1n) is 5.60. The summed E-state index contributed by atoms with van der Waals surface area (Å²) in [6.45, 7) is 1.22. The summed E-state index contributed by atoms with van der Waals surface area (Å²) in [6.07, 6.45) is 5.76. The quantitative estimate of drug-likeness (QED) is 0.888. The number of aliphatic carboxylic acids is 1. The second-order valence-electron chi connectivity index (χ2n) is 4.11. The van der Waals surface area contributed by atoms with Crippen LogP contribution in [0, 0.1) is 0 Å². The third kappa shape index (κ3) is 2.92. The number of halogens is 1. The molecule has 0 saturated carbocycles. The van der Waals surface area contributed by atoms with Crippen LogP contribution in [0.25, 0.3) is 0 Å². The second-order valence-corrected chi connectivity index (χ2v) is 4.47. The van der Waals surface area contributed by atoms with Gasteiger partial charge in [-0.15, -0.1) is 0 Å². The molecule has 0 unspecified atom stereocenters. The van der Waals surface area contributed by atoms with Gasteiger partial charge in [0.15, 0.2) is 5.15 Å². The van der Waals surface area contributed by atoms with E-state index in [-0.39, 0.29) is 0 Å². The fourth-order valence-corrected chi connectivity index (χ4v) is 2.27. The van der Waals surface area contributed by atoms with Crippen molar-refractivity contribution < 1.29 is 9.90 Å². The molecular formula is C11H14ClN3O2. The Bertz CT molecular complexity index is 413. The van der Waals surface area contributed by atoms with Crippen LogP contribution in [-0.4, -0.2) is 38.5 Å². The normalized spacial score (nSPS) is 21.4. The molecule has 1 fully saturated rings. The molecule has 1 aliphatic heterocycles. The molecule has 17 heavy (non-hydrogen) atoms. The third-order valence-electron chi connectivity index (χ3n) is 2.97. The first-order chi connectivity index (χ1) is 8.18.